The minimum atomic E-state index is -4.55. The Morgan fingerprint density at radius 1 is 1.35 bits per heavy atom. The maximum atomic E-state index is 12.9. The van der Waals surface area contributed by atoms with Gasteiger partial charge in [-0.15, -0.1) is 0 Å². The molecule has 0 unspecified atom stereocenters. The molecular formula is C15H14F3N3O2. The molecule has 2 aromatic rings. The van der Waals surface area contributed by atoms with Crippen LogP contribution in [-0.2, 0) is 12.8 Å². The van der Waals surface area contributed by atoms with Gasteiger partial charge in [0.05, 0.1) is 18.2 Å². The number of nitrogens with zero attached hydrogens (tertiary/aromatic N) is 3. The molecule has 0 fully saturated rings. The zero-order valence-electron chi connectivity index (χ0n) is 12.2. The molecule has 2 heterocycles. The molecule has 0 bridgehead atoms. The number of carbonyl (C=O) groups is 1. The van der Waals surface area contributed by atoms with Crippen molar-refractivity contribution in [3.63, 3.8) is 0 Å². The fourth-order valence-electron chi connectivity index (χ4n) is 2.78. The summed E-state index contributed by atoms with van der Waals surface area (Å²) in [6.45, 7) is 1.41. The highest BCUT2D eigenvalue weighted by Gasteiger charge is 2.35. The summed E-state index contributed by atoms with van der Waals surface area (Å²) in [4.78, 5) is 13.9. The molecule has 1 N–H and O–H groups in total. The molecule has 1 atom stereocenters. The van der Waals surface area contributed by atoms with Crippen molar-refractivity contribution in [2.45, 2.75) is 25.7 Å². The summed E-state index contributed by atoms with van der Waals surface area (Å²) in [6, 6.07) is 4.82. The number of anilines is 1. The summed E-state index contributed by atoms with van der Waals surface area (Å²) in [6.07, 6.45) is -3.03. The van der Waals surface area contributed by atoms with E-state index in [1.165, 1.54) is 23.2 Å². The maximum Gasteiger partial charge on any atom is 0.416 e. The minimum Gasteiger partial charge on any atom is -0.392 e. The summed E-state index contributed by atoms with van der Waals surface area (Å²) in [5.41, 5.74) is -0.443. The van der Waals surface area contributed by atoms with Crippen LogP contribution in [0.5, 0.6) is 0 Å². The fraction of sp³-hybridized carbons (Fsp3) is 0.333. The number of aromatic nitrogens is 2. The van der Waals surface area contributed by atoms with Gasteiger partial charge in [0, 0.05) is 18.4 Å². The van der Waals surface area contributed by atoms with E-state index in [1.807, 2.05) is 6.92 Å². The van der Waals surface area contributed by atoms with Crippen molar-refractivity contribution in [2.75, 3.05) is 11.4 Å². The molecule has 1 aliphatic heterocycles. The molecule has 3 rings (SSSR count). The van der Waals surface area contributed by atoms with Crippen LogP contribution in [0, 0.1) is 0 Å². The van der Waals surface area contributed by atoms with Gasteiger partial charge in [0.25, 0.3) is 5.91 Å². The Balaban J connectivity index is 2.02. The van der Waals surface area contributed by atoms with Gasteiger partial charge in [0.1, 0.15) is 5.69 Å². The number of amides is 1. The third kappa shape index (κ3) is 2.59. The Bertz CT molecular complexity index is 755. The number of alkyl halides is 3. The normalized spacial score (nSPS) is 18.2. The Labute approximate surface area is 129 Å². The van der Waals surface area contributed by atoms with Gasteiger partial charge in [-0.1, -0.05) is 0 Å². The summed E-state index contributed by atoms with van der Waals surface area (Å²) in [5.74, 6) is -0.329. The van der Waals surface area contributed by atoms with Crippen LogP contribution in [0.3, 0.4) is 0 Å². The van der Waals surface area contributed by atoms with Crippen molar-refractivity contribution in [3.8, 4) is 0 Å². The van der Waals surface area contributed by atoms with E-state index < -0.39 is 18.3 Å². The lowest BCUT2D eigenvalue weighted by Crippen LogP contribution is -2.42. The minimum absolute atomic E-state index is 0.0995. The van der Waals surface area contributed by atoms with Crippen molar-refractivity contribution in [1.29, 1.82) is 0 Å². The van der Waals surface area contributed by atoms with E-state index in [-0.39, 0.29) is 17.5 Å². The average Bonchev–Trinajstić information content (AvgIpc) is 2.99. The van der Waals surface area contributed by atoms with Crippen LogP contribution in [-0.4, -0.2) is 27.3 Å². The summed E-state index contributed by atoms with van der Waals surface area (Å²) >= 11 is 0. The van der Waals surface area contributed by atoms with Gasteiger partial charge in [-0.3, -0.25) is 9.48 Å². The first-order valence-corrected chi connectivity index (χ1v) is 6.99. The Morgan fingerprint density at radius 3 is 2.74 bits per heavy atom. The lowest BCUT2D eigenvalue weighted by Gasteiger charge is -2.32. The number of carbonyl (C=O) groups excluding carboxylic acids is 1. The van der Waals surface area contributed by atoms with Crippen molar-refractivity contribution >= 4 is 11.6 Å². The molecule has 0 radical (unpaired) electrons. The standard InChI is InChI=1S/C15H14F3N3O2/c1-9-7-20(14(23)13-4-5-19-21(9)13)11-2-3-12(15(16,17)18)10(6-11)8-22/h2-6,9,22H,7-8H2,1H3/t9-/m0/s1. The summed E-state index contributed by atoms with van der Waals surface area (Å²) in [5, 5.41) is 13.3. The van der Waals surface area contributed by atoms with E-state index in [2.05, 4.69) is 5.10 Å². The molecule has 122 valence electrons. The molecule has 5 nitrogen and oxygen atoms in total. The number of benzene rings is 1. The molecule has 1 aromatic heterocycles. The molecule has 0 saturated heterocycles. The van der Waals surface area contributed by atoms with Gasteiger partial charge in [0.2, 0.25) is 0 Å². The average molecular weight is 325 g/mol. The molecule has 8 heteroatoms. The third-order valence-corrected chi connectivity index (χ3v) is 3.88. The third-order valence-electron chi connectivity index (χ3n) is 3.88. The first kappa shape index (κ1) is 15.5. The van der Waals surface area contributed by atoms with Crippen molar-refractivity contribution < 1.29 is 23.1 Å². The molecular weight excluding hydrogens is 311 g/mol. The lowest BCUT2D eigenvalue weighted by atomic mass is 10.0. The maximum absolute atomic E-state index is 12.9. The second-order valence-corrected chi connectivity index (χ2v) is 5.42. The van der Waals surface area contributed by atoms with E-state index in [9.17, 15) is 23.1 Å². The number of fused-ring (bicyclic) bond motifs is 1. The Morgan fingerprint density at radius 2 is 2.09 bits per heavy atom. The zero-order valence-corrected chi connectivity index (χ0v) is 12.2. The first-order valence-electron chi connectivity index (χ1n) is 6.99. The van der Waals surface area contributed by atoms with Gasteiger partial charge in [-0.25, -0.2) is 0 Å². The Hall–Kier alpha value is -2.35. The van der Waals surface area contributed by atoms with Crippen LogP contribution in [0.15, 0.2) is 30.5 Å². The molecule has 0 aliphatic carbocycles. The second kappa shape index (κ2) is 5.38. The van der Waals surface area contributed by atoms with Crippen LogP contribution >= 0.6 is 0 Å². The monoisotopic (exact) mass is 325 g/mol. The smallest absolute Gasteiger partial charge is 0.392 e. The van der Waals surface area contributed by atoms with Crippen LogP contribution in [0.1, 0.15) is 34.6 Å². The van der Waals surface area contributed by atoms with Gasteiger partial charge >= 0.3 is 6.18 Å². The predicted molar refractivity (Wildman–Crippen MR) is 76.0 cm³/mol. The Kier molecular flexibility index (Phi) is 3.63. The van der Waals surface area contributed by atoms with E-state index in [0.29, 0.717) is 17.9 Å². The topological polar surface area (TPSA) is 58.4 Å². The predicted octanol–water partition coefficient (Wildman–Crippen LogP) is 2.62. The molecule has 1 aromatic carbocycles. The largest absolute Gasteiger partial charge is 0.416 e. The highest BCUT2D eigenvalue weighted by Crippen LogP contribution is 2.35. The molecule has 1 aliphatic rings. The molecule has 23 heavy (non-hydrogen) atoms. The van der Waals surface area contributed by atoms with Crippen LogP contribution in [0.25, 0.3) is 0 Å². The second-order valence-electron chi connectivity index (χ2n) is 5.42. The van der Waals surface area contributed by atoms with E-state index in [4.69, 9.17) is 0 Å². The number of halogens is 3. The van der Waals surface area contributed by atoms with Crippen molar-refractivity contribution in [2.24, 2.45) is 0 Å². The number of rotatable bonds is 2. The van der Waals surface area contributed by atoms with Gasteiger partial charge < -0.3 is 10.0 Å². The van der Waals surface area contributed by atoms with Crippen LogP contribution < -0.4 is 4.90 Å². The molecule has 0 saturated carbocycles. The number of hydrogen-bond donors (Lipinski definition) is 1. The van der Waals surface area contributed by atoms with Gasteiger partial charge in [-0.05, 0) is 36.8 Å². The number of hydrogen-bond acceptors (Lipinski definition) is 3. The molecule has 1 amide bonds. The zero-order chi connectivity index (χ0) is 16.8. The van der Waals surface area contributed by atoms with Gasteiger partial charge in [0.15, 0.2) is 0 Å². The summed E-state index contributed by atoms with van der Waals surface area (Å²) < 4.78 is 40.3. The first-order chi connectivity index (χ1) is 10.8. The van der Waals surface area contributed by atoms with Crippen LogP contribution in [0.2, 0.25) is 0 Å². The van der Waals surface area contributed by atoms with Gasteiger partial charge in [-0.2, -0.15) is 18.3 Å². The lowest BCUT2D eigenvalue weighted by molar-refractivity contribution is -0.138. The number of aliphatic hydroxyl groups is 1. The highest BCUT2D eigenvalue weighted by atomic mass is 19.4. The van der Waals surface area contributed by atoms with E-state index in [1.54, 1.807) is 10.7 Å². The highest BCUT2D eigenvalue weighted by molar-refractivity contribution is 6.05. The van der Waals surface area contributed by atoms with Crippen LogP contribution in [0.4, 0.5) is 18.9 Å². The SMILES string of the molecule is C[C@H]1CN(c2ccc(C(F)(F)F)c(CO)c2)C(=O)c2ccnn21. The molecule has 0 spiro atoms. The van der Waals surface area contributed by atoms with E-state index in [0.717, 1.165) is 6.07 Å². The summed E-state index contributed by atoms with van der Waals surface area (Å²) in [7, 11) is 0. The number of aliphatic hydroxyl groups excluding tert-OH is 1. The van der Waals surface area contributed by atoms with Crippen molar-refractivity contribution in [1.82, 2.24) is 9.78 Å². The van der Waals surface area contributed by atoms with E-state index >= 15 is 0 Å². The van der Waals surface area contributed by atoms with Crippen molar-refractivity contribution in [3.05, 3.63) is 47.3 Å². The fourth-order valence-corrected chi connectivity index (χ4v) is 2.78. The quantitative estimate of drug-likeness (QED) is 0.923.